The van der Waals surface area contributed by atoms with Crippen LogP contribution in [-0.2, 0) is 14.8 Å². The van der Waals surface area contributed by atoms with Gasteiger partial charge in [0.1, 0.15) is 4.90 Å². The molecule has 1 fully saturated rings. The molecule has 0 unspecified atom stereocenters. The van der Waals surface area contributed by atoms with E-state index in [0.717, 1.165) is 18.9 Å². The summed E-state index contributed by atoms with van der Waals surface area (Å²) in [6.07, 6.45) is 6.70. The third kappa shape index (κ3) is 3.18. The zero-order valence-corrected chi connectivity index (χ0v) is 11.0. The van der Waals surface area contributed by atoms with Crippen LogP contribution in [0, 0.1) is 0 Å². The van der Waals surface area contributed by atoms with Crippen molar-refractivity contribution in [3.8, 4) is 0 Å². The van der Waals surface area contributed by atoms with E-state index in [4.69, 9.17) is 5.11 Å². The highest BCUT2D eigenvalue weighted by Crippen LogP contribution is 2.21. The van der Waals surface area contributed by atoms with E-state index in [1.54, 1.807) is 0 Å². The lowest BCUT2D eigenvalue weighted by molar-refractivity contribution is -0.131. The van der Waals surface area contributed by atoms with Crippen molar-refractivity contribution >= 4 is 22.1 Å². The Morgan fingerprint density at radius 1 is 1.32 bits per heavy atom. The van der Waals surface area contributed by atoms with Gasteiger partial charge in [0, 0.05) is 31.6 Å². The van der Waals surface area contributed by atoms with Crippen LogP contribution in [0.3, 0.4) is 0 Å². The predicted octanol–water partition coefficient (Wildman–Crippen LogP) is 0.964. The predicted molar refractivity (Wildman–Crippen MR) is 68.9 cm³/mol. The molecule has 2 heterocycles. The summed E-state index contributed by atoms with van der Waals surface area (Å²) in [7, 11) is -3.51. The first kappa shape index (κ1) is 13.7. The second kappa shape index (κ2) is 5.50. The highest BCUT2D eigenvalue weighted by molar-refractivity contribution is 7.89. The van der Waals surface area contributed by atoms with Crippen LogP contribution in [0.2, 0.25) is 0 Å². The Bertz CT molecular complexity index is 604. The lowest BCUT2D eigenvalue weighted by Crippen LogP contribution is -2.27. The first-order valence-corrected chi connectivity index (χ1v) is 7.30. The largest absolute Gasteiger partial charge is 0.478 e. The van der Waals surface area contributed by atoms with Gasteiger partial charge >= 0.3 is 5.97 Å². The fraction of sp³-hybridized carbons (Fsp3) is 0.333. The van der Waals surface area contributed by atoms with E-state index in [-0.39, 0.29) is 4.90 Å². The number of pyridine rings is 1. The number of sulfonamides is 1. The maximum absolute atomic E-state index is 12.3. The van der Waals surface area contributed by atoms with Crippen molar-refractivity contribution in [1.82, 2.24) is 9.29 Å². The SMILES string of the molecule is O=C(O)C=Cc1cncc(S(=O)(=O)N2CCCC2)c1. The third-order valence-electron chi connectivity index (χ3n) is 2.86. The minimum absolute atomic E-state index is 0.0990. The minimum Gasteiger partial charge on any atom is -0.478 e. The Morgan fingerprint density at radius 3 is 2.63 bits per heavy atom. The summed E-state index contributed by atoms with van der Waals surface area (Å²) in [5.74, 6) is -1.09. The molecule has 1 aliphatic heterocycles. The first-order valence-electron chi connectivity index (χ1n) is 5.86. The minimum atomic E-state index is -3.51. The molecule has 2 rings (SSSR count). The maximum atomic E-state index is 12.3. The zero-order valence-electron chi connectivity index (χ0n) is 10.2. The number of aromatic nitrogens is 1. The Kier molecular flexibility index (Phi) is 3.96. The van der Waals surface area contributed by atoms with Crippen molar-refractivity contribution in [2.75, 3.05) is 13.1 Å². The quantitative estimate of drug-likeness (QED) is 0.831. The van der Waals surface area contributed by atoms with Gasteiger partial charge in [0.05, 0.1) is 0 Å². The Balaban J connectivity index is 2.30. The molecule has 1 N–H and O–H groups in total. The molecular weight excluding hydrogens is 268 g/mol. The first-order chi connectivity index (χ1) is 9.00. The average molecular weight is 282 g/mol. The molecule has 1 aliphatic rings. The van der Waals surface area contributed by atoms with Gasteiger partial charge in [-0.25, -0.2) is 13.2 Å². The summed E-state index contributed by atoms with van der Waals surface area (Å²) < 4.78 is 26.0. The van der Waals surface area contributed by atoms with Crippen LogP contribution < -0.4 is 0 Å². The number of carboxylic acid groups (broad SMARTS) is 1. The normalized spacial score (nSPS) is 17.1. The fourth-order valence-electron chi connectivity index (χ4n) is 1.91. The molecular formula is C12H14N2O4S. The van der Waals surface area contributed by atoms with Crippen LogP contribution in [0.5, 0.6) is 0 Å². The summed E-state index contributed by atoms with van der Waals surface area (Å²) in [6.45, 7) is 1.05. The highest BCUT2D eigenvalue weighted by atomic mass is 32.2. The van der Waals surface area contributed by atoms with E-state index < -0.39 is 16.0 Å². The molecule has 0 spiro atoms. The lowest BCUT2D eigenvalue weighted by atomic mass is 10.2. The summed E-state index contributed by atoms with van der Waals surface area (Å²) in [5, 5.41) is 8.54. The highest BCUT2D eigenvalue weighted by Gasteiger charge is 2.27. The van der Waals surface area contributed by atoms with E-state index in [1.807, 2.05) is 0 Å². The Hall–Kier alpha value is -1.73. The van der Waals surface area contributed by atoms with E-state index in [0.29, 0.717) is 18.7 Å². The number of aliphatic carboxylic acids is 1. The van der Waals surface area contributed by atoms with E-state index in [1.165, 1.54) is 28.8 Å². The molecule has 19 heavy (non-hydrogen) atoms. The van der Waals surface area contributed by atoms with Gasteiger partial charge in [0.15, 0.2) is 0 Å². The monoisotopic (exact) mass is 282 g/mol. The van der Waals surface area contributed by atoms with Gasteiger partial charge < -0.3 is 5.11 Å². The molecule has 1 aromatic heterocycles. The van der Waals surface area contributed by atoms with Crippen molar-refractivity contribution in [3.63, 3.8) is 0 Å². The number of hydrogen-bond acceptors (Lipinski definition) is 4. The van der Waals surface area contributed by atoms with Gasteiger partial charge in [-0.05, 0) is 30.5 Å². The van der Waals surface area contributed by atoms with Gasteiger partial charge in [-0.2, -0.15) is 4.31 Å². The van der Waals surface area contributed by atoms with Crippen LogP contribution in [-0.4, -0.2) is 41.9 Å². The average Bonchev–Trinajstić information content (AvgIpc) is 2.91. The van der Waals surface area contributed by atoms with Crippen LogP contribution in [0.1, 0.15) is 18.4 Å². The molecule has 0 radical (unpaired) electrons. The van der Waals surface area contributed by atoms with Crippen molar-refractivity contribution < 1.29 is 18.3 Å². The summed E-state index contributed by atoms with van der Waals surface area (Å²) in [5.41, 5.74) is 0.447. The molecule has 102 valence electrons. The number of nitrogens with zero attached hydrogens (tertiary/aromatic N) is 2. The van der Waals surface area contributed by atoms with Crippen molar-refractivity contribution in [2.45, 2.75) is 17.7 Å². The molecule has 1 saturated heterocycles. The van der Waals surface area contributed by atoms with Gasteiger partial charge in [-0.3, -0.25) is 4.98 Å². The second-order valence-electron chi connectivity index (χ2n) is 4.24. The molecule has 0 aliphatic carbocycles. The van der Waals surface area contributed by atoms with E-state index >= 15 is 0 Å². The molecule has 0 bridgehead atoms. The molecule has 0 aromatic carbocycles. The van der Waals surface area contributed by atoms with Crippen molar-refractivity contribution in [2.24, 2.45) is 0 Å². The molecule has 7 heteroatoms. The van der Waals surface area contributed by atoms with Crippen molar-refractivity contribution in [1.29, 1.82) is 0 Å². The molecule has 0 atom stereocenters. The van der Waals surface area contributed by atoms with Gasteiger partial charge in [-0.1, -0.05) is 0 Å². The summed E-state index contributed by atoms with van der Waals surface area (Å²) >= 11 is 0. The van der Waals surface area contributed by atoms with Crippen LogP contribution >= 0.6 is 0 Å². The Morgan fingerprint density at radius 2 is 2.00 bits per heavy atom. The number of carboxylic acids is 1. The van der Waals surface area contributed by atoms with Crippen LogP contribution in [0.25, 0.3) is 6.08 Å². The Labute approximate surface area is 111 Å². The van der Waals surface area contributed by atoms with Crippen LogP contribution in [0.4, 0.5) is 0 Å². The summed E-state index contributed by atoms with van der Waals surface area (Å²) in [4.78, 5) is 14.4. The van der Waals surface area contributed by atoms with E-state index in [2.05, 4.69) is 4.98 Å². The topological polar surface area (TPSA) is 87.6 Å². The maximum Gasteiger partial charge on any atom is 0.328 e. The standard InChI is InChI=1S/C12H14N2O4S/c15-12(16)4-3-10-7-11(9-13-8-10)19(17,18)14-5-1-2-6-14/h3-4,7-9H,1-2,5-6H2,(H,15,16). The third-order valence-corrected chi connectivity index (χ3v) is 4.72. The van der Waals surface area contributed by atoms with Gasteiger partial charge in [-0.15, -0.1) is 0 Å². The van der Waals surface area contributed by atoms with Gasteiger partial charge in [0.25, 0.3) is 0 Å². The zero-order chi connectivity index (χ0) is 13.9. The fourth-order valence-corrected chi connectivity index (χ4v) is 3.43. The smallest absolute Gasteiger partial charge is 0.328 e. The van der Waals surface area contributed by atoms with Crippen molar-refractivity contribution in [3.05, 3.63) is 30.1 Å². The molecule has 0 saturated carbocycles. The molecule has 1 aromatic rings. The summed E-state index contributed by atoms with van der Waals surface area (Å²) in [6, 6.07) is 1.43. The lowest BCUT2D eigenvalue weighted by Gasteiger charge is -2.15. The number of carbonyl (C=O) groups is 1. The van der Waals surface area contributed by atoms with Gasteiger partial charge in [0.2, 0.25) is 10.0 Å². The molecule has 6 nitrogen and oxygen atoms in total. The second-order valence-corrected chi connectivity index (χ2v) is 6.17. The van der Waals surface area contributed by atoms with E-state index in [9.17, 15) is 13.2 Å². The molecule has 0 amide bonds. The number of rotatable bonds is 4. The van der Waals surface area contributed by atoms with Crippen LogP contribution in [0.15, 0.2) is 29.4 Å². The number of hydrogen-bond donors (Lipinski definition) is 1.